The van der Waals surface area contributed by atoms with E-state index < -0.39 is 23.9 Å². The van der Waals surface area contributed by atoms with Crippen molar-refractivity contribution in [1.29, 1.82) is 0 Å². The zero-order chi connectivity index (χ0) is 21.6. The quantitative estimate of drug-likeness (QED) is 0.646. The van der Waals surface area contributed by atoms with Gasteiger partial charge in [-0.2, -0.15) is 0 Å². The van der Waals surface area contributed by atoms with Gasteiger partial charge in [-0.3, -0.25) is 0 Å². The second-order valence-electron chi connectivity index (χ2n) is 10.1. The maximum absolute atomic E-state index is 12.6. The normalized spacial score (nSPS) is 23.9. The number of piperidine rings is 1. The van der Waals surface area contributed by atoms with Gasteiger partial charge in [-0.05, 0) is 84.5 Å². The molecule has 0 bridgehead atoms. The molecule has 1 amide bonds. The van der Waals surface area contributed by atoms with Crippen LogP contribution >= 0.6 is 11.6 Å². The Bertz CT molecular complexity index is 759. The van der Waals surface area contributed by atoms with Crippen LogP contribution in [0.25, 0.3) is 0 Å². The van der Waals surface area contributed by atoms with Crippen molar-refractivity contribution in [3.63, 3.8) is 0 Å². The molecule has 5 nitrogen and oxygen atoms in total. The smallest absolute Gasteiger partial charge is 0.444 e. The van der Waals surface area contributed by atoms with Crippen molar-refractivity contribution < 1.29 is 18.8 Å². The summed E-state index contributed by atoms with van der Waals surface area (Å²) in [6.45, 7) is 15.2. The summed E-state index contributed by atoms with van der Waals surface area (Å²) in [5.74, 6) is 0.156. The molecule has 160 valence electrons. The molecule has 0 N–H and O–H groups in total. The lowest BCUT2D eigenvalue weighted by atomic mass is 9.72. The maximum Gasteiger partial charge on any atom is 0.495 e. The van der Waals surface area contributed by atoms with Gasteiger partial charge in [-0.15, -0.1) is 0 Å². The Morgan fingerprint density at radius 3 is 2.41 bits per heavy atom. The lowest BCUT2D eigenvalue weighted by Crippen LogP contribution is -2.44. The highest BCUT2D eigenvalue weighted by atomic mass is 35.5. The van der Waals surface area contributed by atoms with Crippen LogP contribution in [-0.2, 0) is 14.0 Å². The topological polar surface area (TPSA) is 48.0 Å². The van der Waals surface area contributed by atoms with Gasteiger partial charge in [0, 0.05) is 24.0 Å². The molecule has 2 aliphatic heterocycles. The van der Waals surface area contributed by atoms with Crippen LogP contribution in [0.1, 0.15) is 72.8 Å². The van der Waals surface area contributed by atoms with Gasteiger partial charge >= 0.3 is 13.2 Å². The van der Waals surface area contributed by atoms with E-state index in [0.29, 0.717) is 18.1 Å². The Hall–Kier alpha value is -1.24. The molecule has 2 heterocycles. The van der Waals surface area contributed by atoms with Crippen molar-refractivity contribution in [3.05, 3.63) is 28.8 Å². The molecule has 1 aromatic rings. The molecule has 0 radical (unpaired) electrons. The monoisotopic (exact) mass is 421 g/mol. The SMILES string of the molecule is CC(C)(C)OC(=O)N1CCCC(c2cc(Cl)ccc2B2OC(C)(C)C(C)(C)O2)C1. The molecule has 2 aliphatic rings. The predicted molar refractivity (Wildman–Crippen MR) is 117 cm³/mol. The number of hydrogen-bond acceptors (Lipinski definition) is 4. The number of amides is 1. The van der Waals surface area contributed by atoms with Crippen LogP contribution in [0.5, 0.6) is 0 Å². The molecular weight excluding hydrogens is 389 g/mol. The van der Waals surface area contributed by atoms with E-state index >= 15 is 0 Å². The van der Waals surface area contributed by atoms with Crippen LogP contribution in [0, 0.1) is 0 Å². The van der Waals surface area contributed by atoms with E-state index in [1.165, 1.54) is 0 Å². The van der Waals surface area contributed by atoms with Gasteiger partial charge in [-0.1, -0.05) is 17.7 Å². The molecule has 2 saturated heterocycles. The van der Waals surface area contributed by atoms with Gasteiger partial charge in [0.2, 0.25) is 0 Å². The summed E-state index contributed by atoms with van der Waals surface area (Å²) < 4.78 is 18.2. The summed E-state index contributed by atoms with van der Waals surface area (Å²) in [6, 6.07) is 5.86. The van der Waals surface area contributed by atoms with E-state index in [-0.39, 0.29) is 12.0 Å². The molecule has 2 fully saturated rings. The first-order valence-electron chi connectivity index (χ1n) is 10.4. The van der Waals surface area contributed by atoms with Crippen molar-refractivity contribution in [1.82, 2.24) is 4.90 Å². The molecule has 0 aromatic heterocycles. The fourth-order valence-corrected chi connectivity index (χ4v) is 3.99. The summed E-state index contributed by atoms with van der Waals surface area (Å²) >= 11 is 6.35. The first-order valence-corrected chi connectivity index (χ1v) is 10.8. The summed E-state index contributed by atoms with van der Waals surface area (Å²) in [5.41, 5.74) is 0.745. The number of halogens is 1. The van der Waals surface area contributed by atoms with E-state index in [4.69, 9.17) is 25.6 Å². The van der Waals surface area contributed by atoms with Crippen LogP contribution in [0.3, 0.4) is 0 Å². The lowest BCUT2D eigenvalue weighted by Gasteiger charge is -2.35. The average Bonchev–Trinajstić information content (AvgIpc) is 2.81. The number of ether oxygens (including phenoxy) is 1. The number of benzene rings is 1. The van der Waals surface area contributed by atoms with Crippen LogP contribution < -0.4 is 5.46 Å². The van der Waals surface area contributed by atoms with E-state index in [0.717, 1.165) is 23.9 Å². The fourth-order valence-electron chi connectivity index (χ4n) is 3.81. The van der Waals surface area contributed by atoms with Crippen LogP contribution in [-0.4, -0.2) is 48.0 Å². The largest absolute Gasteiger partial charge is 0.495 e. The average molecular weight is 422 g/mol. The molecule has 29 heavy (non-hydrogen) atoms. The Morgan fingerprint density at radius 2 is 1.83 bits per heavy atom. The summed E-state index contributed by atoms with van der Waals surface area (Å²) in [7, 11) is -0.454. The minimum atomic E-state index is -0.506. The number of carbonyl (C=O) groups is 1. The Morgan fingerprint density at radius 1 is 1.21 bits per heavy atom. The molecule has 3 rings (SSSR count). The maximum atomic E-state index is 12.6. The zero-order valence-corrected chi connectivity index (χ0v) is 19.4. The minimum Gasteiger partial charge on any atom is -0.444 e. The Balaban J connectivity index is 1.85. The first kappa shape index (κ1) is 22.5. The number of rotatable bonds is 2. The molecule has 7 heteroatoms. The highest BCUT2D eigenvalue weighted by Gasteiger charge is 2.52. The lowest BCUT2D eigenvalue weighted by molar-refractivity contribution is 0.00578. The number of hydrogen-bond donors (Lipinski definition) is 0. The van der Waals surface area contributed by atoms with Crippen molar-refractivity contribution in [2.45, 2.75) is 84.0 Å². The standard InChI is InChI=1S/C22H33BClNO4/c1-20(2,3)27-19(26)25-12-8-9-15(14-25)17-13-16(24)10-11-18(17)23-28-21(4,5)22(6,7)29-23/h10-11,13,15H,8-9,12,14H2,1-7H3. The highest BCUT2D eigenvalue weighted by Crippen LogP contribution is 2.38. The van der Waals surface area contributed by atoms with Crippen LogP contribution in [0.2, 0.25) is 5.02 Å². The second kappa shape index (κ2) is 7.79. The van der Waals surface area contributed by atoms with Gasteiger partial charge < -0.3 is 18.9 Å². The Labute approximate surface area is 180 Å². The molecular formula is C22H33BClNO4. The molecule has 0 saturated carbocycles. The number of likely N-dealkylation sites (tertiary alicyclic amines) is 1. The number of carbonyl (C=O) groups excluding carboxylic acids is 1. The zero-order valence-electron chi connectivity index (χ0n) is 18.7. The van der Waals surface area contributed by atoms with E-state index in [1.807, 2.05) is 66.7 Å². The van der Waals surface area contributed by atoms with Gasteiger partial charge in [0.15, 0.2) is 0 Å². The summed E-state index contributed by atoms with van der Waals surface area (Å²) in [5, 5.41) is 0.676. The number of nitrogens with zero attached hydrogens (tertiary/aromatic N) is 1. The van der Waals surface area contributed by atoms with Gasteiger partial charge in [0.25, 0.3) is 0 Å². The first-order chi connectivity index (χ1) is 13.3. The third-order valence-corrected chi connectivity index (χ3v) is 6.30. The van der Waals surface area contributed by atoms with E-state index in [1.54, 1.807) is 4.90 Å². The third-order valence-electron chi connectivity index (χ3n) is 6.07. The van der Waals surface area contributed by atoms with Gasteiger partial charge in [-0.25, -0.2) is 4.79 Å². The minimum absolute atomic E-state index is 0.156. The molecule has 1 aromatic carbocycles. The van der Waals surface area contributed by atoms with Gasteiger partial charge in [0.05, 0.1) is 11.2 Å². The van der Waals surface area contributed by atoms with Crippen molar-refractivity contribution >= 4 is 30.3 Å². The predicted octanol–water partition coefficient (Wildman–Crippen LogP) is 4.75. The van der Waals surface area contributed by atoms with Crippen LogP contribution in [0.15, 0.2) is 18.2 Å². The van der Waals surface area contributed by atoms with Crippen molar-refractivity contribution in [3.8, 4) is 0 Å². The molecule has 1 atom stereocenters. The third kappa shape index (κ3) is 4.92. The van der Waals surface area contributed by atoms with E-state index in [9.17, 15) is 4.79 Å². The van der Waals surface area contributed by atoms with Gasteiger partial charge in [0.1, 0.15) is 5.60 Å². The molecule has 0 spiro atoms. The van der Waals surface area contributed by atoms with Crippen molar-refractivity contribution in [2.75, 3.05) is 13.1 Å². The second-order valence-corrected chi connectivity index (χ2v) is 10.6. The van der Waals surface area contributed by atoms with Crippen LogP contribution in [0.4, 0.5) is 4.79 Å². The fraction of sp³-hybridized carbons (Fsp3) is 0.682. The summed E-state index contributed by atoms with van der Waals surface area (Å²) in [4.78, 5) is 14.4. The molecule has 1 unspecified atom stereocenters. The van der Waals surface area contributed by atoms with E-state index in [2.05, 4.69) is 0 Å². The molecule has 0 aliphatic carbocycles. The summed E-state index contributed by atoms with van der Waals surface area (Å²) in [6.07, 6.45) is 1.63. The Kier molecular flexibility index (Phi) is 6.03. The highest BCUT2D eigenvalue weighted by molar-refractivity contribution is 6.62. The van der Waals surface area contributed by atoms with Crippen molar-refractivity contribution in [2.24, 2.45) is 0 Å².